The predicted molar refractivity (Wildman–Crippen MR) is 77.3 cm³/mol. The molecule has 0 amide bonds. The first-order valence-corrected chi connectivity index (χ1v) is 6.85. The summed E-state index contributed by atoms with van der Waals surface area (Å²) in [6.45, 7) is 4.98. The van der Waals surface area contributed by atoms with E-state index in [4.69, 9.17) is 0 Å². The van der Waals surface area contributed by atoms with Crippen molar-refractivity contribution in [2.45, 2.75) is 26.4 Å². The standard InChI is InChI=1S/C14H18BrN3/c1-10(12-7-5-4-6-8-12)16-9-13-14(15)11(2)17-18(13)3/h4-8,10,16H,9H2,1-3H3. The maximum Gasteiger partial charge on any atom is 0.0739 e. The largest absolute Gasteiger partial charge is 0.305 e. The Morgan fingerprint density at radius 3 is 2.56 bits per heavy atom. The second kappa shape index (κ2) is 5.67. The lowest BCUT2D eigenvalue weighted by Crippen LogP contribution is -2.20. The van der Waals surface area contributed by atoms with Crippen LogP contribution in [0.3, 0.4) is 0 Å². The molecule has 1 heterocycles. The van der Waals surface area contributed by atoms with Crippen LogP contribution in [0.1, 0.15) is 29.9 Å². The minimum atomic E-state index is 0.327. The molecule has 0 radical (unpaired) electrons. The highest BCUT2D eigenvalue weighted by Gasteiger charge is 2.11. The van der Waals surface area contributed by atoms with E-state index in [2.05, 4.69) is 57.5 Å². The van der Waals surface area contributed by atoms with Gasteiger partial charge in [-0.1, -0.05) is 30.3 Å². The van der Waals surface area contributed by atoms with Gasteiger partial charge in [-0.05, 0) is 35.3 Å². The van der Waals surface area contributed by atoms with E-state index in [0.717, 1.165) is 16.7 Å². The summed E-state index contributed by atoms with van der Waals surface area (Å²) in [5.74, 6) is 0. The number of nitrogens with one attached hydrogen (secondary N) is 1. The normalized spacial score (nSPS) is 12.7. The molecule has 1 N–H and O–H groups in total. The second-order valence-electron chi connectivity index (χ2n) is 4.48. The van der Waals surface area contributed by atoms with Gasteiger partial charge in [-0.25, -0.2) is 0 Å². The van der Waals surface area contributed by atoms with Crippen LogP contribution in [0.4, 0.5) is 0 Å². The van der Waals surface area contributed by atoms with Gasteiger partial charge in [-0.2, -0.15) is 5.10 Å². The van der Waals surface area contributed by atoms with E-state index in [-0.39, 0.29) is 0 Å². The van der Waals surface area contributed by atoms with Crippen LogP contribution < -0.4 is 5.32 Å². The summed E-state index contributed by atoms with van der Waals surface area (Å²) in [6, 6.07) is 10.8. The first-order valence-electron chi connectivity index (χ1n) is 6.06. The van der Waals surface area contributed by atoms with Crippen molar-refractivity contribution in [2.75, 3.05) is 0 Å². The third kappa shape index (κ3) is 2.82. The molecule has 18 heavy (non-hydrogen) atoms. The fourth-order valence-corrected chi connectivity index (χ4v) is 2.46. The molecule has 1 atom stereocenters. The van der Waals surface area contributed by atoms with E-state index < -0.39 is 0 Å². The van der Waals surface area contributed by atoms with Gasteiger partial charge in [0.25, 0.3) is 0 Å². The van der Waals surface area contributed by atoms with Crippen molar-refractivity contribution in [3.05, 3.63) is 51.8 Å². The van der Waals surface area contributed by atoms with Crippen molar-refractivity contribution in [2.24, 2.45) is 7.05 Å². The minimum absolute atomic E-state index is 0.327. The fourth-order valence-electron chi connectivity index (χ4n) is 1.98. The van der Waals surface area contributed by atoms with E-state index in [1.54, 1.807) is 0 Å². The smallest absolute Gasteiger partial charge is 0.0739 e. The zero-order valence-corrected chi connectivity index (χ0v) is 12.5. The highest BCUT2D eigenvalue weighted by atomic mass is 79.9. The average Bonchev–Trinajstić information content (AvgIpc) is 2.62. The number of rotatable bonds is 4. The summed E-state index contributed by atoms with van der Waals surface area (Å²) in [5, 5.41) is 7.91. The van der Waals surface area contributed by atoms with Crippen molar-refractivity contribution in [3.63, 3.8) is 0 Å². The Kier molecular flexibility index (Phi) is 4.19. The van der Waals surface area contributed by atoms with Gasteiger partial charge in [0.1, 0.15) is 0 Å². The Hall–Kier alpha value is -1.13. The third-order valence-electron chi connectivity index (χ3n) is 3.14. The number of hydrogen-bond donors (Lipinski definition) is 1. The van der Waals surface area contributed by atoms with Crippen molar-refractivity contribution >= 4 is 15.9 Å². The van der Waals surface area contributed by atoms with Crippen LogP contribution in [0.5, 0.6) is 0 Å². The van der Waals surface area contributed by atoms with E-state index in [1.165, 1.54) is 11.3 Å². The Balaban J connectivity index is 2.04. The third-order valence-corrected chi connectivity index (χ3v) is 4.17. The molecule has 4 heteroatoms. The molecule has 0 bridgehead atoms. The summed E-state index contributed by atoms with van der Waals surface area (Å²) in [5.41, 5.74) is 3.50. The SMILES string of the molecule is Cc1nn(C)c(CNC(C)c2ccccc2)c1Br. The Labute approximate surface area is 116 Å². The Bertz CT molecular complexity index is 519. The predicted octanol–water partition coefficient (Wildman–Crippen LogP) is 3.34. The molecule has 0 aliphatic carbocycles. The summed E-state index contributed by atoms with van der Waals surface area (Å²) in [6.07, 6.45) is 0. The Morgan fingerprint density at radius 2 is 2.00 bits per heavy atom. The second-order valence-corrected chi connectivity index (χ2v) is 5.28. The highest BCUT2D eigenvalue weighted by Crippen LogP contribution is 2.21. The molecule has 2 aromatic rings. The van der Waals surface area contributed by atoms with Gasteiger partial charge in [-0.15, -0.1) is 0 Å². The van der Waals surface area contributed by atoms with Crippen molar-refractivity contribution in [3.8, 4) is 0 Å². The summed E-state index contributed by atoms with van der Waals surface area (Å²) in [7, 11) is 1.97. The van der Waals surface area contributed by atoms with Crippen LogP contribution in [0.2, 0.25) is 0 Å². The minimum Gasteiger partial charge on any atom is -0.305 e. The number of hydrogen-bond acceptors (Lipinski definition) is 2. The molecule has 1 aromatic heterocycles. The zero-order valence-electron chi connectivity index (χ0n) is 10.9. The highest BCUT2D eigenvalue weighted by molar-refractivity contribution is 9.10. The number of aryl methyl sites for hydroxylation is 2. The van der Waals surface area contributed by atoms with Gasteiger partial charge in [0, 0.05) is 19.6 Å². The monoisotopic (exact) mass is 307 g/mol. The summed E-state index contributed by atoms with van der Waals surface area (Å²) in [4.78, 5) is 0. The van der Waals surface area contributed by atoms with Crippen molar-refractivity contribution in [1.82, 2.24) is 15.1 Å². The molecule has 0 aliphatic rings. The van der Waals surface area contributed by atoms with Crippen LogP contribution in [0.15, 0.2) is 34.8 Å². The van der Waals surface area contributed by atoms with Crippen molar-refractivity contribution in [1.29, 1.82) is 0 Å². The molecule has 0 spiro atoms. The number of halogens is 1. The molecule has 0 aliphatic heterocycles. The molecule has 0 saturated heterocycles. The molecule has 1 unspecified atom stereocenters. The van der Waals surface area contributed by atoms with E-state index >= 15 is 0 Å². The van der Waals surface area contributed by atoms with E-state index in [9.17, 15) is 0 Å². The maximum atomic E-state index is 4.39. The number of aromatic nitrogens is 2. The molecule has 0 fully saturated rings. The van der Waals surface area contributed by atoms with Crippen molar-refractivity contribution < 1.29 is 0 Å². The van der Waals surface area contributed by atoms with Gasteiger partial charge in [0.2, 0.25) is 0 Å². The van der Waals surface area contributed by atoms with Crippen LogP contribution >= 0.6 is 15.9 Å². The fraction of sp³-hybridized carbons (Fsp3) is 0.357. The van der Waals surface area contributed by atoms with Gasteiger partial charge < -0.3 is 5.32 Å². The lowest BCUT2D eigenvalue weighted by atomic mass is 10.1. The first-order chi connectivity index (χ1) is 8.59. The van der Waals surface area contributed by atoms with Crippen LogP contribution in [-0.2, 0) is 13.6 Å². The molecular formula is C14H18BrN3. The van der Waals surface area contributed by atoms with Gasteiger partial charge in [0.15, 0.2) is 0 Å². The first kappa shape index (κ1) is 13.3. The average molecular weight is 308 g/mol. The van der Waals surface area contributed by atoms with Gasteiger partial charge in [-0.3, -0.25) is 4.68 Å². The molecular weight excluding hydrogens is 290 g/mol. The maximum absolute atomic E-state index is 4.39. The molecule has 2 rings (SSSR count). The topological polar surface area (TPSA) is 29.9 Å². The van der Waals surface area contributed by atoms with Crippen LogP contribution in [-0.4, -0.2) is 9.78 Å². The lowest BCUT2D eigenvalue weighted by molar-refractivity contribution is 0.547. The molecule has 0 saturated carbocycles. The van der Waals surface area contributed by atoms with Gasteiger partial charge in [0.05, 0.1) is 15.9 Å². The lowest BCUT2D eigenvalue weighted by Gasteiger charge is -2.14. The summed E-state index contributed by atoms with van der Waals surface area (Å²) >= 11 is 3.58. The van der Waals surface area contributed by atoms with E-state index in [0.29, 0.717) is 6.04 Å². The molecule has 1 aromatic carbocycles. The quantitative estimate of drug-likeness (QED) is 0.939. The number of benzene rings is 1. The van der Waals surface area contributed by atoms with E-state index in [1.807, 2.05) is 24.7 Å². The molecule has 96 valence electrons. The van der Waals surface area contributed by atoms with Crippen LogP contribution in [0, 0.1) is 6.92 Å². The zero-order chi connectivity index (χ0) is 13.1. The Morgan fingerprint density at radius 1 is 1.33 bits per heavy atom. The number of nitrogens with zero attached hydrogens (tertiary/aromatic N) is 2. The van der Waals surface area contributed by atoms with Gasteiger partial charge >= 0.3 is 0 Å². The summed E-state index contributed by atoms with van der Waals surface area (Å²) < 4.78 is 3.02. The van der Waals surface area contributed by atoms with Crippen LogP contribution in [0.25, 0.3) is 0 Å². The molecule has 3 nitrogen and oxygen atoms in total.